The number of hydrogen-bond donors (Lipinski definition) is 0. The molecule has 9 nitrogen and oxygen atoms in total. The third-order valence-corrected chi connectivity index (χ3v) is 6.97. The minimum atomic E-state index is 0.211. The van der Waals surface area contributed by atoms with Gasteiger partial charge in [-0.15, -0.1) is 0 Å². The van der Waals surface area contributed by atoms with Gasteiger partial charge in [0.25, 0.3) is 0 Å². The molecular weight excluding hydrogens is 430 g/mol. The number of nitrogens with zero attached hydrogens (tertiary/aromatic N) is 7. The Morgan fingerprint density at radius 3 is 2.59 bits per heavy atom. The van der Waals surface area contributed by atoms with Crippen molar-refractivity contribution in [1.82, 2.24) is 29.5 Å². The zero-order valence-corrected chi connectivity index (χ0v) is 20.3. The van der Waals surface area contributed by atoms with Crippen LogP contribution in [0.25, 0.3) is 11.0 Å². The summed E-state index contributed by atoms with van der Waals surface area (Å²) in [6.45, 7) is 9.38. The number of aromatic nitrogens is 4. The van der Waals surface area contributed by atoms with Gasteiger partial charge in [-0.25, -0.2) is 9.97 Å². The first-order chi connectivity index (χ1) is 16.5. The van der Waals surface area contributed by atoms with Gasteiger partial charge in [-0.1, -0.05) is 12.1 Å². The lowest BCUT2D eigenvalue weighted by atomic mass is 10.1. The van der Waals surface area contributed by atoms with E-state index in [0.717, 1.165) is 61.6 Å². The topological polar surface area (TPSA) is 79.6 Å². The summed E-state index contributed by atoms with van der Waals surface area (Å²) in [5.41, 5.74) is 3.22. The van der Waals surface area contributed by atoms with E-state index in [9.17, 15) is 4.79 Å². The van der Waals surface area contributed by atoms with Crippen molar-refractivity contribution < 1.29 is 9.53 Å². The maximum atomic E-state index is 13.0. The number of benzene rings is 1. The molecule has 2 aliphatic rings. The monoisotopic (exact) mass is 463 g/mol. The molecule has 2 aromatic heterocycles. The van der Waals surface area contributed by atoms with Gasteiger partial charge in [-0.2, -0.15) is 5.10 Å². The number of anilines is 1. The number of carbonyl (C=O) groups excluding carboxylic acids is 1. The van der Waals surface area contributed by atoms with Crippen LogP contribution in [0.1, 0.15) is 24.0 Å². The Kier molecular flexibility index (Phi) is 6.36. The predicted octanol–water partition coefficient (Wildman–Crippen LogP) is 2.17. The van der Waals surface area contributed by atoms with Crippen molar-refractivity contribution in [3.63, 3.8) is 0 Å². The van der Waals surface area contributed by atoms with E-state index in [0.29, 0.717) is 19.6 Å². The Bertz CT molecular complexity index is 1160. The lowest BCUT2D eigenvalue weighted by molar-refractivity contribution is -0.133. The summed E-state index contributed by atoms with van der Waals surface area (Å²) in [6.07, 6.45) is 5.51. The molecular formula is C25H33N7O2. The number of piperidine rings is 1. The molecule has 2 fully saturated rings. The minimum absolute atomic E-state index is 0.211. The van der Waals surface area contributed by atoms with Crippen molar-refractivity contribution in [3.8, 4) is 5.75 Å². The number of rotatable bonds is 5. The van der Waals surface area contributed by atoms with E-state index < -0.39 is 0 Å². The maximum Gasteiger partial charge on any atom is 0.236 e. The summed E-state index contributed by atoms with van der Waals surface area (Å²) >= 11 is 0. The molecule has 34 heavy (non-hydrogen) atoms. The van der Waals surface area contributed by atoms with Gasteiger partial charge in [0.15, 0.2) is 5.65 Å². The fraction of sp³-hybridized carbons (Fsp3) is 0.520. The number of ether oxygens (including phenoxy) is 1. The number of carbonyl (C=O) groups is 1. The molecule has 0 spiro atoms. The van der Waals surface area contributed by atoms with Gasteiger partial charge < -0.3 is 14.5 Å². The van der Waals surface area contributed by atoms with Crippen molar-refractivity contribution in [2.75, 3.05) is 50.7 Å². The van der Waals surface area contributed by atoms with Crippen LogP contribution in [0.2, 0.25) is 0 Å². The summed E-state index contributed by atoms with van der Waals surface area (Å²) in [4.78, 5) is 28.3. The van der Waals surface area contributed by atoms with Crippen molar-refractivity contribution in [3.05, 3.63) is 41.9 Å². The Morgan fingerprint density at radius 1 is 1.06 bits per heavy atom. The first-order valence-electron chi connectivity index (χ1n) is 12.1. The third-order valence-electron chi connectivity index (χ3n) is 6.97. The van der Waals surface area contributed by atoms with Gasteiger partial charge in [0.2, 0.25) is 5.91 Å². The highest BCUT2D eigenvalue weighted by molar-refractivity contribution is 5.87. The van der Waals surface area contributed by atoms with Crippen LogP contribution in [0.4, 0.5) is 5.82 Å². The first-order valence-corrected chi connectivity index (χ1v) is 12.1. The molecule has 0 radical (unpaired) electrons. The third kappa shape index (κ3) is 4.70. The number of amides is 1. The van der Waals surface area contributed by atoms with E-state index in [4.69, 9.17) is 4.74 Å². The molecule has 180 valence electrons. The molecule has 1 amide bonds. The highest BCUT2D eigenvalue weighted by Crippen LogP contribution is 2.25. The Hall–Kier alpha value is -3.20. The molecule has 0 N–H and O–H groups in total. The number of likely N-dealkylation sites (tertiary alicyclic amines) is 1. The second kappa shape index (κ2) is 9.58. The first kappa shape index (κ1) is 22.6. The van der Waals surface area contributed by atoms with Crippen LogP contribution in [0, 0.1) is 13.8 Å². The number of hydrogen-bond acceptors (Lipinski definition) is 7. The zero-order chi connectivity index (χ0) is 23.7. The quantitative estimate of drug-likeness (QED) is 0.574. The SMILES string of the molecule is Cc1ccc(C)c(OC2CCN(CC(=O)N3CCN(c4ncnc5c4cnn5C)CC3)CC2)c1. The standard InChI is InChI=1S/C25H33N7O2/c1-18-4-5-19(2)22(14-18)34-20-6-8-30(9-7-20)16-23(33)31-10-12-32(13-11-31)25-21-15-28-29(3)24(21)26-17-27-25/h4-5,14-15,17,20H,6-13,16H2,1-3H3. The number of fused-ring (bicyclic) bond motifs is 1. The van der Waals surface area contributed by atoms with Crippen LogP contribution in [-0.4, -0.2) is 87.4 Å². The Morgan fingerprint density at radius 2 is 1.82 bits per heavy atom. The fourth-order valence-corrected chi connectivity index (χ4v) is 4.86. The average Bonchev–Trinajstić information content (AvgIpc) is 3.23. The van der Waals surface area contributed by atoms with E-state index in [1.54, 1.807) is 11.0 Å². The van der Waals surface area contributed by atoms with Crippen molar-refractivity contribution >= 4 is 22.8 Å². The molecule has 0 unspecified atom stereocenters. The van der Waals surface area contributed by atoms with Crippen LogP contribution in [0.3, 0.4) is 0 Å². The summed E-state index contributed by atoms with van der Waals surface area (Å²) < 4.78 is 8.04. The summed E-state index contributed by atoms with van der Waals surface area (Å²) in [5.74, 6) is 2.10. The van der Waals surface area contributed by atoms with E-state index in [2.05, 4.69) is 56.9 Å². The normalized spacial score (nSPS) is 18.0. The molecule has 3 aromatic rings. The smallest absolute Gasteiger partial charge is 0.236 e. The molecule has 1 aromatic carbocycles. The molecule has 2 aliphatic heterocycles. The van der Waals surface area contributed by atoms with Gasteiger partial charge in [0.05, 0.1) is 18.1 Å². The summed E-state index contributed by atoms with van der Waals surface area (Å²) in [7, 11) is 1.88. The van der Waals surface area contributed by atoms with Crippen LogP contribution in [0.15, 0.2) is 30.7 Å². The van der Waals surface area contributed by atoms with Gasteiger partial charge >= 0.3 is 0 Å². The lowest BCUT2D eigenvalue weighted by Gasteiger charge is -2.37. The molecule has 2 saturated heterocycles. The molecule has 4 heterocycles. The Labute approximate surface area is 200 Å². The van der Waals surface area contributed by atoms with E-state index in [1.807, 2.05) is 18.1 Å². The molecule has 0 saturated carbocycles. The van der Waals surface area contributed by atoms with Crippen LogP contribution in [0.5, 0.6) is 5.75 Å². The van der Waals surface area contributed by atoms with Crippen molar-refractivity contribution in [1.29, 1.82) is 0 Å². The maximum absolute atomic E-state index is 13.0. The van der Waals surface area contributed by atoms with E-state index >= 15 is 0 Å². The molecule has 0 atom stereocenters. The minimum Gasteiger partial charge on any atom is -0.490 e. The highest BCUT2D eigenvalue weighted by Gasteiger charge is 2.27. The molecule has 9 heteroatoms. The lowest BCUT2D eigenvalue weighted by Crippen LogP contribution is -2.52. The van der Waals surface area contributed by atoms with Gasteiger partial charge in [0.1, 0.15) is 24.0 Å². The van der Waals surface area contributed by atoms with Gasteiger partial charge in [0, 0.05) is 46.3 Å². The Balaban J connectivity index is 1.10. The number of aryl methyl sites for hydroxylation is 3. The van der Waals surface area contributed by atoms with E-state index in [1.165, 1.54) is 11.1 Å². The van der Waals surface area contributed by atoms with Crippen LogP contribution in [-0.2, 0) is 11.8 Å². The number of piperazine rings is 1. The predicted molar refractivity (Wildman–Crippen MR) is 131 cm³/mol. The van der Waals surface area contributed by atoms with Crippen molar-refractivity contribution in [2.24, 2.45) is 7.05 Å². The van der Waals surface area contributed by atoms with Crippen LogP contribution >= 0.6 is 0 Å². The molecule has 0 aliphatic carbocycles. The average molecular weight is 464 g/mol. The second-order valence-electron chi connectivity index (χ2n) is 9.43. The summed E-state index contributed by atoms with van der Waals surface area (Å²) in [5, 5.41) is 5.26. The zero-order valence-electron chi connectivity index (χ0n) is 20.3. The van der Waals surface area contributed by atoms with Gasteiger partial charge in [-0.05, 0) is 43.9 Å². The summed E-state index contributed by atoms with van der Waals surface area (Å²) in [6, 6.07) is 6.34. The largest absolute Gasteiger partial charge is 0.490 e. The second-order valence-corrected chi connectivity index (χ2v) is 9.43. The van der Waals surface area contributed by atoms with Crippen molar-refractivity contribution in [2.45, 2.75) is 32.8 Å². The molecule has 5 rings (SSSR count). The van der Waals surface area contributed by atoms with Gasteiger partial charge in [-0.3, -0.25) is 14.4 Å². The molecule has 0 bridgehead atoms. The highest BCUT2D eigenvalue weighted by atomic mass is 16.5. The fourth-order valence-electron chi connectivity index (χ4n) is 4.86. The van der Waals surface area contributed by atoms with Crippen LogP contribution < -0.4 is 9.64 Å². The van der Waals surface area contributed by atoms with E-state index in [-0.39, 0.29) is 12.0 Å².